The van der Waals surface area contributed by atoms with Gasteiger partial charge in [-0.15, -0.1) is 0 Å². The molecule has 0 atom stereocenters. The molecule has 120 valence electrons. The van der Waals surface area contributed by atoms with Crippen LogP contribution in [0.3, 0.4) is 0 Å². The summed E-state index contributed by atoms with van der Waals surface area (Å²) in [5.41, 5.74) is 1.53. The molecule has 0 saturated carbocycles. The summed E-state index contributed by atoms with van der Waals surface area (Å²) in [6, 6.07) is 12.4. The van der Waals surface area contributed by atoms with Crippen molar-refractivity contribution < 1.29 is 14.3 Å². The summed E-state index contributed by atoms with van der Waals surface area (Å²) in [6.07, 6.45) is 3.17. The van der Waals surface area contributed by atoms with Crippen molar-refractivity contribution in [3.8, 4) is 11.5 Å². The Bertz CT molecular complexity index is 696. The fourth-order valence-electron chi connectivity index (χ4n) is 1.95. The quantitative estimate of drug-likeness (QED) is 0.798. The molecule has 2 rings (SSSR count). The summed E-state index contributed by atoms with van der Waals surface area (Å²) in [5.74, 6) is 1.09. The van der Waals surface area contributed by atoms with Crippen molar-refractivity contribution in [2.75, 3.05) is 19.0 Å². The zero-order valence-corrected chi connectivity index (χ0v) is 13.8. The lowest BCUT2D eigenvalue weighted by Gasteiger charge is -2.09. The van der Waals surface area contributed by atoms with Crippen molar-refractivity contribution in [2.24, 2.45) is 0 Å². The molecule has 5 heteroatoms. The normalized spacial score (nSPS) is 10.6. The third-order valence-corrected chi connectivity index (χ3v) is 3.28. The van der Waals surface area contributed by atoms with E-state index in [4.69, 9.17) is 21.1 Å². The number of ether oxygens (including phenoxy) is 2. The van der Waals surface area contributed by atoms with E-state index in [1.165, 1.54) is 6.08 Å². The number of methoxy groups -OCH3 is 1. The summed E-state index contributed by atoms with van der Waals surface area (Å²) in [4.78, 5) is 11.9. The number of halogens is 1. The monoisotopic (exact) mass is 331 g/mol. The number of hydrogen-bond acceptors (Lipinski definition) is 3. The van der Waals surface area contributed by atoms with E-state index in [1.54, 1.807) is 37.5 Å². The van der Waals surface area contributed by atoms with E-state index in [2.05, 4.69) is 5.32 Å². The number of carbonyl (C=O) groups excluding carboxylic acids is 1. The molecule has 0 heterocycles. The number of hydrogen-bond donors (Lipinski definition) is 1. The van der Waals surface area contributed by atoms with Crippen LogP contribution in [0.25, 0.3) is 6.08 Å². The molecule has 0 saturated heterocycles. The Balaban J connectivity index is 2.04. The molecule has 1 N–H and O–H groups in total. The minimum atomic E-state index is -0.222. The SMILES string of the molecule is CCOc1ccc(C=CC(=O)Nc2ccc(Cl)cc2)cc1OC. The van der Waals surface area contributed by atoms with Gasteiger partial charge in [0.25, 0.3) is 0 Å². The molecule has 23 heavy (non-hydrogen) atoms. The average molecular weight is 332 g/mol. The Kier molecular flexibility index (Phi) is 6.06. The van der Waals surface area contributed by atoms with Crippen molar-refractivity contribution in [2.45, 2.75) is 6.92 Å². The van der Waals surface area contributed by atoms with Crippen molar-refractivity contribution in [1.82, 2.24) is 0 Å². The molecule has 0 aromatic heterocycles. The van der Waals surface area contributed by atoms with E-state index < -0.39 is 0 Å². The molecule has 2 aromatic rings. The Morgan fingerprint density at radius 3 is 2.57 bits per heavy atom. The van der Waals surface area contributed by atoms with Gasteiger partial charge in [-0.25, -0.2) is 0 Å². The minimum Gasteiger partial charge on any atom is -0.493 e. The fourth-order valence-corrected chi connectivity index (χ4v) is 2.08. The highest BCUT2D eigenvalue weighted by Crippen LogP contribution is 2.28. The van der Waals surface area contributed by atoms with E-state index in [9.17, 15) is 4.79 Å². The van der Waals surface area contributed by atoms with Gasteiger partial charge in [0.15, 0.2) is 11.5 Å². The van der Waals surface area contributed by atoms with Crippen molar-refractivity contribution in [3.63, 3.8) is 0 Å². The molecular weight excluding hydrogens is 314 g/mol. The van der Waals surface area contributed by atoms with Gasteiger partial charge in [0.1, 0.15) is 0 Å². The van der Waals surface area contributed by atoms with Crippen molar-refractivity contribution >= 4 is 29.3 Å². The van der Waals surface area contributed by atoms with Crippen LogP contribution in [-0.2, 0) is 4.79 Å². The van der Waals surface area contributed by atoms with Crippen LogP contribution in [0.15, 0.2) is 48.5 Å². The van der Waals surface area contributed by atoms with Crippen LogP contribution in [0.5, 0.6) is 11.5 Å². The molecule has 0 fully saturated rings. The van der Waals surface area contributed by atoms with E-state index in [0.29, 0.717) is 28.8 Å². The van der Waals surface area contributed by atoms with E-state index in [-0.39, 0.29) is 5.91 Å². The number of rotatable bonds is 6. The van der Waals surface area contributed by atoms with Crippen LogP contribution in [0.4, 0.5) is 5.69 Å². The molecule has 0 aliphatic heterocycles. The average Bonchev–Trinajstić information content (AvgIpc) is 2.56. The lowest BCUT2D eigenvalue weighted by atomic mass is 10.2. The zero-order chi connectivity index (χ0) is 16.7. The van der Waals surface area contributed by atoms with Gasteiger partial charge in [-0.05, 0) is 55.0 Å². The molecule has 0 aliphatic rings. The Morgan fingerprint density at radius 2 is 1.91 bits per heavy atom. The largest absolute Gasteiger partial charge is 0.493 e. The maximum Gasteiger partial charge on any atom is 0.248 e. The lowest BCUT2D eigenvalue weighted by molar-refractivity contribution is -0.111. The topological polar surface area (TPSA) is 47.6 Å². The Hall–Kier alpha value is -2.46. The van der Waals surface area contributed by atoms with Gasteiger partial charge in [0.05, 0.1) is 13.7 Å². The molecule has 0 spiro atoms. The molecular formula is C18H18ClNO3. The summed E-state index contributed by atoms with van der Waals surface area (Å²) in [7, 11) is 1.58. The van der Waals surface area contributed by atoms with E-state index in [0.717, 1.165) is 5.56 Å². The third-order valence-electron chi connectivity index (χ3n) is 3.03. The second-order valence-corrected chi connectivity index (χ2v) is 5.11. The highest BCUT2D eigenvalue weighted by Gasteiger charge is 2.04. The van der Waals surface area contributed by atoms with Crippen LogP contribution in [-0.4, -0.2) is 19.6 Å². The van der Waals surface area contributed by atoms with E-state index >= 15 is 0 Å². The number of nitrogens with one attached hydrogen (secondary N) is 1. The van der Waals surface area contributed by atoms with Gasteiger partial charge < -0.3 is 14.8 Å². The summed E-state index contributed by atoms with van der Waals surface area (Å²) in [5, 5.41) is 3.38. The highest BCUT2D eigenvalue weighted by atomic mass is 35.5. The molecule has 1 amide bonds. The van der Waals surface area contributed by atoms with Crippen LogP contribution in [0, 0.1) is 0 Å². The third kappa shape index (κ3) is 5.04. The molecule has 0 bridgehead atoms. The maximum absolute atomic E-state index is 11.9. The number of anilines is 1. The predicted molar refractivity (Wildman–Crippen MR) is 93.3 cm³/mol. The second kappa shape index (κ2) is 8.25. The summed E-state index contributed by atoms with van der Waals surface area (Å²) >= 11 is 5.80. The standard InChI is InChI=1S/C18H18ClNO3/c1-3-23-16-10-4-13(12-17(16)22-2)5-11-18(21)20-15-8-6-14(19)7-9-15/h4-12H,3H2,1-2H3,(H,20,21). The predicted octanol–water partition coefficient (Wildman–Crippen LogP) is 4.40. The van der Waals surface area contributed by atoms with Crippen LogP contribution in [0.1, 0.15) is 12.5 Å². The summed E-state index contributed by atoms with van der Waals surface area (Å²) < 4.78 is 10.7. The van der Waals surface area contributed by atoms with Gasteiger partial charge in [-0.1, -0.05) is 17.7 Å². The van der Waals surface area contributed by atoms with Crippen molar-refractivity contribution in [1.29, 1.82) is 0 Å². The first-order valence-electron chi connectivity index (χ1n) is 7.18. The summed E-state index contributed by atoms with van der Waals surface area (Å²) in [6.45, 7) is 2.48. The molecule has 2 aromatic carbocycles. The van der Waals surface area contributed by atoms with Gasteiger partial charge >= 0.3 is 0 Å². The Labute approximate surface area is 140 Å². The van der Waals surface area contributed by atoms with Gasteiger partial charge in [-0.3, -0.25) is 4.79 Å². The smallest absolute Gasteiger partial charge is 0.248 e. The first-order valence-corrected chi connectivity index (χ1v) is 7.55. The molecule has 0 unspecified atom stereocenters. The molecule has 0 radical (unpaired) electrons. The molecule has 0 aliphatic carbocycles. The van der Waals surface area contributed by atoms with Crippen LogP contribution < -0.4 is 14.8 Å². The van der Waals surface area contributed by atoms with Crippen molar-refractivity contribution in [3.05, 3.63) is 59.1 Å². The minimum absolute atomic E-state index is 0.222. The van der Waals surface area contributed by atoms with Gasteiger partial charge in [0, 0.05) is 16.8 Å². The van der Waals surface area contributed by atoms with Crippen LogP contribution >= 0.6 is 11.6 Å². The molecule has 4 nitrogen and oxygen atoms in total. The number of benzene rings is 2. The lowest BCUT2D eigenvalue weighted by Crippen LogP contribution is -2.07. The fraction of sp³-hybridized carbons (Fsp3) is 0.167. The van der Waals surface area contributed by atoms with Crippen LogP contribution in [0.2, 0.25) is 5.02 Å². The highest BCUT2D eigenvalue weighted by molar-refractivity contribution is 6.30. The zero-order valence-electron chi connectivity index (χ0n) is 13.0. The first-order chi connectivity index (χ1) is 11.1. The first kappa shape index (κ1) is 16.9. The maximum atomic E-state index is 11.9. The number of carbonyl (C=O) groups is 1. The van der Waals surface area contributed by atoms with Gasteiger partial charge in [-0.2, -0.15) is 0 Å². The Morgan fingerprint density at radius 1 is 1.17 bits per heavy atom. The second-order valence-electron chi connectivity index (χ2n) is 4.67. The number of amides is 1. The van der Waals surface area contributed by atoms with E-state index in [1.807, 2.05) is 25.1 Å². The van der Waals surface area contributed by atoms with Gasteiger partial charge in [0.2, 0.25) is 5.91 Å².